The van der Waals surface area contributed by atoms with Crippen LogP contribution in [-0.2, 0) is 14.3 Å². The largest absolute Gasteiger partial charge is 0.490 e. The fourth-order valence-corrected chi connectivity index (χ4v) is 2.57. The van der Waals surface area contributed by atoms with E-state index in [2.05, 4.69) is 4.74 Å². The van der Waals surface area contributed by atoms with Crippen molar-refractivity contribution in [2.24, 2.45) is 0 Å². The first-order valence-electron chi connectivity index (χ1n) is 9.60. The lowest BCUT2D eigenvalue weighted by Gasteiger charge is -2.11. The van der Waals surface area contributed by atoms with Gasteiger partial charge >= 0.3 is 11.9 Å². The van der Waals surface area contributed by atoms with E-state index >= 15 is 0 Å². The highest BCUT2D eigenvalue weighted by molar-refractivity contribution is 5.97. The molecule has 0 N–H and O–H groups in total. The molecule has 0 amide bonds. The molecule has 0 aliphatic rings. The van der Waals surface area contributed by atoms with E-state index in [-0.39, 0.29) is 11.3 Å². The highest BCUT2D eigenvalue weighted by Crippen LogP contribution is 2.29. The molecular weight excluding hydrogens is 398 g/mol. The fourth-order valence-electron chi connectivity index (χ4n) is 2.57. The van der Waals surface area contributed by atoms with Gasteiger partial charge in [-0.1, -0.05) is 18.2 Å². The molecule has 7 nitrogen and oxygen atoms in total. The maximum absolute atomic E-state index is 12.2. The number of esters is 2. The number of nitriles is 1. The maximum Gasteiger partial charge on any atom is 0.348 e. The van der Waals surface area contributed by atoms with Crippen molar-refractivity contribution in [2.75, 3.05) is 20.3 Å². The number of rotatable bonds is 9. The Morgan fingerprint density at radius 1 is 1.00 bits per heavy atom. The average molecular weight is 421 g/mol. The van der Waals surface area contributed by atoms with Crippen LogP contribution in [-0.4, -0.2) is 32.3 Å². The lowest BCUT2D eigenvalue weighted by atomic mass is 10.1. The normalized spacial score (nSPS) is 11.0. The van der Waals surface area contributed by atoms with Crippen LogP contribution in [0, 0.1) is 11.3 Å². The van der Waals surface area contributed by atoms with E-state index in [1.54, 1.807) is 48.5 Å². The van der Waals surface area contributed by atoms with Crippen LogP contribution in [0.5, 0.6) is 17.2 Å². The minimum absolute atomic E-state index is 0.161. The van der Waals surface area contributed by atoms with Gasteiger partial charge in [0, 0.05) is 6.08 Å². The first kappa shape index (κ1) is 23.2. The molecule has 31 heavy (non-hydrogen) atoms. The summed E-state index contributed by atoms with van der Waals surface area (Å²) in [5, 5.41) is 9.05. The van der Waals surface area contributed by atoms with Crippen molar-refractivity contribution >= 4 is 24.1 Å². The fraction of sp³-hybridized carbons (Fsp3) is 0.208. The molecule has 0 spiro atoms. The second-order valence-electron chi connectivity index (χ2n) is 6.06. The van der Waals surface area contributed by atoms with Crippen molar-refractivity contribution in [3.8, 4) is 23.3 Å². The second-order valence-corrected chi connectivity index (χ2v) is 6.06. The third kappa shape index (κ3) is 7.05. The first-order chi connectivity index (χ1) is 15.0. The third-order valence-corrected chi connectivity index (χ3v) is 3.89. The maximum atomic E-state index is 12.2. The molecule has 0 unspecified atom stereocenters. The molecule has 2 aromatic rings. The average Bonchev–Trinajstić information content (AvgIpc) is 2.77. The quantitative estimate of drug-likeness (QED) is 0.259. The standard InChI is InChI=1S/C24H23NO6/c1-4-29-21-11-9-17(15-22(21)30-5-2)10-12-23(26)31-20-8-6-7-18(14-20)13-19(16-25)24(27)28-3/h6-15H,4-5H2,1-3H3/b12-10+,19-13+. The monoisotopic (exact) mass is 421 g/mol. The Labute approximate surface area is 181 Å². The van der Waals surface area contributed by atoms with Gasteiger partial charge in [0.05, 0.1) is 20.3 Å². The van der Waals surface area contributed by atoms with Crippen LogP contribution in [0.25, 0.3) is 12.2 Å². The summed E-state index contributed by atoms with van der Waals surface area (Å²) in [5.41, 5.74) is 1.10. The summed E-state index contributed by atoms with van der Waals surface area (Å²) >= 11 is 0. The third-order valence-electron chi connectivity index (χ3n) is 3.89. The summed E-state index contributed by atoms with van der Waals surface area (Å²) in [6.45, 7) is 4.78. The molecule has 0 aromatic heterocycles. The topological polar surface area (TPSA) is 94.9 Å². The Morgan fingerprint density at radius 3 is 2.42 bits per heavy atom. The van der Waals surface area contributed by atoms with E-state index < -0.39 is 11.9 Å². The van der Waals surface area contributed by atoms with Crippen LogP contribution >= 0.6 is 0 Å². The van der Waals surface area contributed by atoms with Crippen molar-refractivity contribution in [1.82, 2.24) is 0 Å². The number of hydrogen-bond acceptors (Lipinski definition) is 7. The number of carbonyl (C=O) groups is 2. The predicted octanol–water partition coefficient (Wildman–Crippen LogP) is 4.18. The van der Waals surface area contributed by atoms with Crippen LogP contribution in [0.1, 0.15) is 25.0 Å². The van der Waals surface area contributed by atoms with E-state index in [1.807, 2.05) is 13.8 Å². The van der Waals surface area contributed by atoms with Gasteiger partial charge < -0.3 is 18.9 Å². The zero-order valence-corrected chi connectivity index (χ0v) is 17.6. The summed E-state index contributed by atoms with van der Waals surface area (Å²) in [4.78, 5) is 23.7. The van der Waals surface area contributed by atoms with Gasteiger partial charge in [0.25, 0.3) is 0 Å². The molecule has 2 rings (SSSR count). The van der Waals surface area contributed by atoms with Gasteiger partial charge in [0.1, 0.15) is 17.4 Å². The molecule has 160 valence electrons. The Hall–Kier alpha value is -4.05. The van der Waals surface area contributed by atoms with Crippen molar-refractivity contribution in [3.05, 3.63) is 65.2 Å². The first-order valence-corrected chi connectivity index (χ1v) is 9.60. The van der Waals surface area contributed by atoms with E-state index in [4.69, 9.17) is 19.5 Å². The zero-order chi connectivity index (χ0) is 22.6. The summed E-state index contributed by atoms with van der Waals surface area (Å²) in [5.74, 6) is 0.180. The molecule has 0 aliphatic heterocycles. The van der Waals surface area contributed by atoms with Gasteiger partial charge in [0.2, 0.25) is 0 Å². The molecule has 0 heterocycles. The minimum atomic E-state index is -0.741. The number of hydrogen-bond donors (Lipinski definition) is 0. The zero-order valence-electron chi connectivity index (χ0n) is 17.6. The SMILES string of the molecule is CCOc1ccc(/C=C/C(=O)Oc2cccc(/C=C(\C#N)C(=O)OC)c2)cc1OCC. The van der Waals surface area contributed by atoms with Crippen LogP contribution in [0.3, 0.4) is 0 Å². The van der Waals surface area contributed by atoms with Gasteiger partial charge in [-0.15, -0.1) is 0 Å². The Bertz CT molecular complexity index is 1030. The summed E-state index contributed by atoms with van der Waals surface area (Å²) in [7, 11) is 1.19. The van der Waals surface area contributed by atoms with Crippen molar-refractivity contribution in [3.63, 3.8) is 0 Å². The van der Waals surface area contributed by atoms with Gasteiger partial charge in [-0.25, -0.2) is 9.59 Å². The number of ether oxygens (including phenoxy) is 4. The lowest BCUT2D eigenvalue weighted by Crippen LogP contribution is -2.04. The molecule has 2 aromatic carbocycles. The molecule has 0 bridgehead atoms. The molecule has 0 atom stereocenters. The van der Waals surface area contributed by atoms with Gasteiger partial charge in [-0.05, 0) is 61.4 Å². The predicted molar refractivity (Wildman–Crippen MR) is 115 cm³/mol. The van der Waals surface area contributed by atoms with Crippen LogP contribution in [0.2, 0.25) is 0 Å². The smallest absolute Gasteiger partial charge is 0.348 e. The van der Waals surface area contributed by atoms with Crippen molar-refractivity contribution < 1.29 is 28.5 Å². The molecule has 0 saturated carbocycles. The van der Waals surface area contributed by atoms with Crippen LogP contribution < -0.4 is 14.2 Å². The summed E-state index contributed by atoms with van der Waals surface area (Å²) in [6, 6.07) is 13.6. The van der Waals surface area contributed by atoms with Gasteiger partial charge in [-0.2, -0.15) is 5.26 Å². The molecule has 7 heteroatoms. The van der Waals surface area contributed by atoms with Crippen LogP contribution in [0.15, 0.2) is 54.1 Å². The number of methoxy groups -OCH3 is 1. The second kappa shape index (κ2) is 11.8. The Morgan fingerprint density at radius 2 is 1.74 bits per heavy atom. The number of nitrogens with zero attached hydrogens (tertiary/aromatic N) is 1. The van der Waals surface area contributed by atoms with Crippen molar-refractivity contribution in [1.29, 1.82) is 5.26 Å². The minimum Gasteiger partial charge on any atom is -0.490 e. The number of benzene rings is 2. The lowest BCUT2D eigenvalue weighted by molar-refractivity contribution is -0.135. The highest BCUT2D eigenvalue weighted by Gasteiger charge is 2.09. The van der Waals surface area contributed by atoms with E-state index in [9.17, 15) is 9.59 Å². The molecule has 0 aliphatic carbocycles. The molecule has 0 saturated heterocycles. The molecule has 0 radical (unpaired) electrons. The highest BCUT2D eigenvalue weighted by atomic mass is 16.5. The Kier molecular flexibility index (Phi) is 8.87. The molecular formula is C24H23NO6. The van der Waals surface area contributed by atoms with E-state index in [0.717, 1.165) is 5.56 Å². The number of carbonyl (C=O) groups excluding carboxylic acids is 2. The van der Waals surface area contributed by atoms with E-state index in [1.165, 1.54) is 25.3 Å². The van der Waals surface area contributed by atoms with E-state index in [0.29, 0.717) is 30.3 Å². The summed E-state index contributed by atoms with van der Waals surface area (Å²) in [6.07, 6.45) is 4.26. The van der Waals surface area contributed by atoms with Crippen LogP contribution in [0.4, 0.5) is 0 Å². The Balaban J connectivity index is 2.12. The summed E-state index contributed by atoms with van der Waals surface area (Å²) < 4.78 is 21.0. The van der Waals surface area contributed by atoms with Gasteiger partial charge in [0.15, 0.2) is 11.5 Å². The van der Waals surface area contributed by atoms with Crippen molar-refractivity contribution in [2.45, 2.75) is 13.8 Å². The van der Waals surface area contributed by atoms with Gasteiger partial charge in [-0.3, -0.25) is 0 Å². The molecule has 0 fully saturated rings.